The summed E-state index contributed by atoms with van der Waals surface area (Å²) in [5, 5.41) is 11.5. The third kappa shape index (κ3) is 2.11. The van der Waals surface area contributed by atoms with Gasteiger partial charge in [0, 0.05) is 11.8 Å². The number of esters is 1. The Morgan fingerprint density at radius 2 is 1.56 bits per heavy atom. The van der Waals surface area contributed by atoms with Crippen molar-refractivity contribution in [2.75, 3.05) is 0 Å². The Kier molecular flexibility index (Phi) is 3.20. The Labute approximate surface area is 151 Å². The average molecular weight is 347 g/mol. The summed E-state index contributed by atoms with van der Waals surface area (Å²) < 4.78 is 6.49. The lowest BCUT2D eigenvalue weighted by Crippen LogP contribution is -2.78. The maximum Gasteiger partial charge on any atom is 0.309 e. The third-order valence-electron chi connectivity index (χ3n) is 8.69. The summed E-state index contributed by atoms with van der Waals surface area (Å²) in [6.45, 7) is 8.62. The fourth-order valence-corrected chi connectivity index (χ4v) is 8.36. The summed E-state index contributed by atoms with van der Waals surface area (Å²) in [7, 11) is 0. The minimum Gasteiger partial charge on any atom is -0.458 e. The molecule has 0 amide bonds. The van der Waals surface area contributed by atoms with Gasteiger partial charge in [0.05, 0.1) is 11.5 Å². The van der Waals surface area contributed by atoms with Crippen molar-refractivity contribution in [3.05, 3.63) is 0 Å². The maximum atomic E-state index is 13.0. The largest absolute Gasteiger partial charge is 0.458 e. The summed E-state index contributed by atoms with van der Waals surface area (Å²) in [4.78, 5) is 13.0. The first kappa shape index (κ1) is 16.6. The van der Waals surface area contributed by atoms with Crippen molar-refractivity contribution in [1.29, 1.82) is 0 Å². The third-order valence-corrected chi connectivity index (χ3v) is 8.69. The molecular weight excluding hydrogens is 312 g/mol. The highest BCUT2D eigenvalue weighted by Gasteiger charge is 2.76. The molecule has 0 heterocycles. The summed E-state index contributed by atoms with van der Waals surface area (Å²) in [5.74, 6) is 2.96. The quantitative estimate of drug-likeness (QED) is 0.780. The standard InChI is InChI=1S/C22H34O3/c1-12(9-20(2,3)4)19(23)25-22-11-14-5-15-17(22)7-13-8-18(22)16(6-14)21(15,24)10-13/h12-18,24H,5-11H2,1-4H3/t12?,13?,14?,15-,16?,17?,18?,21?,22?/m0/s1. The molecule has 8 unspecified atom stereocenters. The van der Waals surface area contributed by atoms with Crippen LogP contribution in [0.1, 0.15) is 72.6 Å². The van der Waals surface area contributed by atoms with E-state index in [-0.39, 0.29) is 22.9 Å². The van der Waals surface area contributed by atoms with Crippen LogP contribution in [-0.4, -0.2) is 22.3 Å². The van der Waals surface area contributed by atoms with E-state index < -0.39 is 5.60 Å². The monoisotopic (exact) mass is 346 g/mol. The Bertz CT molecular complexity index is 579. The first-order valence-corrected chi connectivity index (χ1v) is 10.6. The van der Waals surface area contributed by atoms with E-state index in [1.54, 1.807) is 0 Å². The van der Waals surface area contributed by atoms with Crippen LogP contribution in [0.25, 0.3) is 0 Å². The minimum atomic E-state index is -0.430. The molecule has 3 nitrogen and oxygen atoms in total. The van der Waals surface area contributed by atoms with Crippen LogP contribution in [0.3, 0.4) is 0 Å². The number of carbonyl (C=O) groups excluding carboxylic acids is 1. The van der Waals surface area contributed by atoms with Gasteiger partial charge in [0.1, 0.15) is 5.60 Å². The van der Waals surface area contributed by atoms with Crippen LogP contribution in [-0.2, 0) is 9.53 Å². The van der Waals surface area contributed by atoms with Crippen LogP contribution in [0, 0.1) is 46.8 Å². The van der Waals surface area contributed by atoms with E-state index in [1.165, 1.54) is 25.7 Å². The minimum absolute atomic E-state index is 0.0226. The van der Waals surface area contributed by atoms with Crippen LogP contribution in [0.15, 0.2) is 0 Å². The molecule has 0 saturated heterocycles. The van der Waals surface area contributed by atoms with Gasteiger partial charge in [-0.1, -0.05) is 27.7 Å². The Morgan fingerprint density at radius 1 is 1.04 bits per heavy atom. The average Bonchev–Trinajstić information content (AvgIpc) is 2.50. The molecule has 3 heteroatoms. The van der Waals surface area contributed by atoms with E-state index in [1.807, 2.05) is 6.92 Å². The lowest BCUT2D eigenvalue weighted by molar-refractivity contribution is -0.344. The fourth-order valence-electron chi connectivity index (χ4n) is 8.36. The van der Waals surface area contributed by atoms with Gasteiger partial charge in [-0.15, -0.1) is 0 Å². The van der Waals surface area contributed by atoms with Gasteiger partial charge in [0.25, 0.3) is 0 Å². The maximum absolute atomic E-state index is 13.0. The van der Waals surface area contributed by atoms with Gasteiger partial charge in [-0.05, 0) is 74.0 Å². The summed E-state index contributed by atoms with van der Waals surface area (Å²) >= 11 is 0. The lowest BCUT2D eigenvalue weighted by Gasteiger charge is -2.75. The molecule has 0 spiro atoms. The van der Waals surface area contributed by atoms with E-state index in [4.69, 9.17) is 4.74 Å². The van der Waals surface area contributed by atoms with Gasteiger partial charge >= 0.3 is 5.97 Å². The van der Waals surface area contributed by atoms with Crippen molar-refractivity contribution in [2.24, 2.45) is 46.8 Å². The molecule has 140 valence electrons. The van der Waals surface area contributed by atoms with Crippen LogP contribution in [0.4, 0.5) is 0 Å². The molecule has 0 aromatic carbocycles. The first-order valence-electron chi connectivity index (χ1n) is 10.6. The highest BCUT2D eigenvalue weighted by atomic mass is 16.6. The fraction of sp³-hybridized carbons (Fsp3) is 0.955. The van der Waals surface area contributed by atoms with Gasteiger partial charge in [-0.25, -0.2) is 0 Å². The smallest absolute Gasteiger partial charge is 0.309 e. The zero-order chi connectivity index (χ0) is 17.8. The first-order chi connectivity index (χ1) is 11.6. The van der Waals surface area contributed by atoms with Crippen molar-refractivity contribution < 1.29 is 14.6 Å². The molecule has 9 atom stereocenters. The van der Waals surface area contributed by atoms with Crippen molar-refractivity contribution in [3.8, 4) is 0 Å². The van der Waals surface area contributed by atoms with E-state index in [2.05, 4.69) is 20.8 Å². The van der Waals surface area contributed by atoms with Crippen LogP contribution in [0.5, 0.6) is 0 Å². The Balaban J connectivity index is 1.45. The van der Waals surface area contributed by atoms with Gasteiger partial charge in [0.2, 0.25) is 0 Å². The predicted molar refractivity (Wildman–Crippen MR) is 95.7 cm³/mol. The Morgan fingerprint density at radius 3 is 2.12 bits per heavy atom. The summed E-state index contributed by atoms with van der Waals surface area (Å²) in [6, 6.07) is 0. The topological polar surface area (TPSA) is 46.5 Å². The van der Waals surface area contributed by atoms with E-state index in [0.29, 0.717) is 35.5 Å². The van der Waals surface area contributed by atoms with Gasteiger partial charge < -0.3 is 9.84 Å². The lowest BCUT2D eigenvalue weighted by atomic mass is 9.32. The van der Waals surface area contributed by atoms with Crippen molar-refractivity contribution in [2.45, 2.75) is 83.8 Å². The van der Waals surface area contributed by atoms with Crippen molar-refractivity contribution in [1.82, 2.24) is 0 Å². The van der Waals surface area contributed by atoms with Crippen LogP contribution in [0.2, 0.25) is 0 Å². The number of carbonyl (C=O) groups is 1. The number of hydrogen-bond donors (Lipinski definition) is 1. The van der Waals surface area contributed by atoms with Crippen molar-refractivity contribution >= 4 is 5.97 Å². The molecule has 8 bridgehead atoms. The molecule has 1 N–H and O–H groups in total. The number of ether oxygens (including phenoxy) is 1. The normalized spacial score (nSPS) is 53.3. The number of rotatable bonds is 3. The SMILES string of the molecule is CC(CC(C)(C)C)C(=O)OC12CC3CC4C1CC1CC2[C@H](C3)C4(O)C1. The van der Waals surface area contributed by atoms with Gasteiger partial charge in [-0.2, -0.15) is 0 Å². The number of hydrogen-bond acceptors (Lipinski definition) is 3. The highest BCUT2D eigenvalue weighted by molar-refractivity contribution is 5.73. The van der Waals surface area contributed by atoms with Crippen LogP contribution < -0.4 is 0 Å². The van der Waals surface area contributed by atoms with Gasteiger partial charge in [0.15, 0.2) is 0 Å². The molecule has 0 aromatic heterocycles. The molecule has 0 radical (unpaired) electrons. The molecule has 25 heavy (non-hydrogen) atoms. The van der Waals surface area contributed by atoms with Crippen molar-refractivity contribution in [3.63, 3.8) is 0 Å². The zero-order valence-electron chi connectivity index (χ0n) is 16.3. The molecule has 0 aromatic rings. The molecule has 7 aliphatic carbocycles. The molecule has 7 saturated carbocycles. The Hall–Kier alpha value is -0.570. The van der Waals surface area contributed by atoms with E-state index in [9.17, 15) is 9.90 Å². The van der Waals surface area contributed by atoms with Gasteiger partial charge in [-0.3, -0.25) is 4.79 Å². The molecule has 7 rings (SSSR count). The second-order valence-corrected chi connectivity index (χ2v) is 11.5. The van der Waals surface area contributed by atoms with E-state index >= 15 is 0 Å². The predicted octanol–water partition coefficient (Wildman–Crippen LogP) is 4.18. The number of aliphatic hydroxyl groups is 1. The van der Waals surface area contributed by atoms with Crippen LogP contribution >= 0.6 is 0 Å². The second-order valence-electron chi connectivity index (χ2n) is 11.5. The second kappa shape index (κ2) is 4.82. The zero-order valence-corrected chi connectivity index (χ0v) is 16.3. The highest BCUT2D eigenvalue weighted by Crippen LogP contribution is 2.74. The molecular formula is C22H34O3. The summed E-state index contributed by atoms with van der Waals surface area (Å²) in [6.07, 6.45) is 7.69. The molecule has 0 aliphatic heterocycles. The molecule has 7 fully saturated rings. The summed E-state index contributed by atoms with van der Waals surface area (Å²) in [5.41, 5.74) is -0.518. The molecule has 7 aliphatic rings. The van der Waals surface area contributed by atoms with E-state index in [0.717, 1.165) is 19.3 Å².